The Hall–Kier alpha value is -1.62. The van der Waals surface area contributed by atoms with Gasteiger partial charge in [-0.05, 0) is 60.5 Å². The van der Waals surface area contributed by atoms with Crippen LogP contribution in [0.15, 0.2) is 52.4 Å². The SMILES string of the molecule is C=CC(F)=CC(=C(C)C)C(C)Oc1cc(Br)cnc1N. The van der Waals surface area contributed by atoms with Gasteiger partial charge in [-0.1, -0.05) is 12.2 Å². The summed E-state index contributed by atoms with van der Waals surface area (Å²) >= 11 is 3.31. The molecular formula is C15H18BrFN2O. The molecule has 1 unspecified atom stereocenters. The lowest BCUT2D eigenvalue weighted by Gasteiger charge is -2.18. The first-order valence-electron chi connectivity index (χ1n) is 6.09. The molecule has 20 heavy (non-hydrogen) atoms. The molecule has 0 radical (unpaired) electrons. The summed E-state index contributed by atoms with van der Waals surface area (Å²) < 4.78 is 19.9. The monoisotopic (exact) mass is 340 g/mol. The summed E-state index contributed by atoms with van der Waals surface area (Å²) in [6, 6.07) is 1.73. The van der Waals surface area contributed by atoms with Crippen LogP contribution in [-0.2, 0) is 0 Å². The van der Waals surface area contributed by atoms with Crippen LogP contribution in [0.1, 0.15) is 20.8 Å². The van der Waals surface area contributed by atoms with Gasteiger partial charge in [0.2, 0.25) is 0 Å². The number of halogens is 2. The average molecular weight is 341 g/mol. The van der Waals surface area contributed by atoms with Gasteiger partial charge >= 0.3 is 0 Å². The Labute approximate surface area is 127 Å². The first-order chi connectivity index (χ1) is 9.35. The maximum absolute atomic E-state index is 13.4. The van der Waals surface area contributed by atoms with Crippen LogP contribution < -0.4 is 10.5 Å². The molecule has 0 aliphatic heterocycles. The van der Waals surface area contributed by atoms with E-state index in [0.717, 1.165) is 21.7 Å². The van der Waals surface area contributed by atoms with Crippen molar-refractivity contribution >= 4 is 21.7 Å². The van der Waals surface area contributed by atoms with E-state index in [1.807, 2.05) is 20.8 Å². The highest BCUT2D eigenvalue weighted by Gasteiger charge is 2.13. The van der Waals surface area contributed by atoms with Crippen LogP contribution in [0.25, 0.3) is 0 Å². The molecule has 1 rings (SSSR count). The zero-order valence-corrected chi connectivity index (χ0v) is 13.4. The fraction of sp³-hybridized carbons (Fsp3) is 0.267. The molecule has 0 aliphatic carbocycles. The van der Waals surface area contributed by atoms with Gasteiger partial charge in [0, 0.05) is 10.7 Å². The van der Waals surface area contributed by atoms with E-state index in [1.165, 1.54) is 6.08 Å². The summed E-state index contributed by atoms with van der Waals surface area (Å²) in [6.45, 7) is 9.01. The van der Waals surface area contributed by atoms with Crippen molar-refractivity contribution in [2.24, 2.45) is 0 Å². The van der Waals surface area contributed by atoms with Crippen molar-refractivity contribution in [1.82, 2.24) is 4.98 Å². The molecule has 108 valence electrons. The molecule has 0 amide bonds. The van der Waals surface area contributed by atoms with Crippen molar-refractivity contribution in [3.8, 4) is 5.75 Å². The Morgan fingerprint density at radius 3 is 2.75 bits per heavy atom. The quantitative estimate of drug-likeness (QED) is 0.798. The van der Waals surface area contributed by atoms with Crippen LogP contribution >= 0.6 is 15.9 Å². The first-order valence-corrected chi connectivity index (χ1v) is 6.89. The number of anilines is 1. The molecule has 0 aromatic carbocycles. The molecule has 5 heteroatoms. The molecule has 0 bridgehead atoms. The van der Waals surface area contributed by atoms with E-state index in [-0.39, 0.29) is 6.10 Å². The van der Waals surface area contributed by atoms with E-state index >= 15 is 0 Å². The van der Waals surface area contributed by atoms with Gasteiger partial charge in [0.1, 0.15) is 11.9 Å². The van der Waals surface area contributed by atoms with E-state index < -0.39 is 5.83 Å². The first kappa shape index (κ1) is 16.4. The van der Waals surface area contributed by atoms with Gasteiger partial charge in [0.25, 0.3) is 0 Å². The topological polar surface area (TPSA) is 48.1 Å². The largest absolute Gasteiger partial charge is 0.482 e. The molecular weight excluding hydrogens is 323 g/mol. The number of ether oxygens (including phenoxy) is 1. The number of nitrogens with zero attached hydrogens (tertiary/aromatic N) is 1. The second-order valence-electron chi connectivity index (χ2n) is 4.49. The number of pyridine rings is 1. The van der Waals surface area contributed by atoms with Crippen LogP contribution in [0.2, 0.25) is 0 Å². The lowest BCUT2D eigenvalue weighted by molar-refractivity contribution is 0.260. The fourth-order valence-corrected chi connectivity index (χ4v) is 1.97. The Kier molecular flexibility index (Phi) is 5.95. The smallest absolute Gasteiger partial charge is 0.166 e. The molecule has 2 N–H and O–H groups in total. The normalized spacial score (nSPS) is 12.8. The Balaban J connectivity index is 3.04. The molecule has 0 spiro atoms. The van der Waals surface area contributed by atoms with E-state index in [1.54, 1.807) is 12.3 Å². The van der Waals surface area contributed by atoms with Gasteiger partial charge in [0.05, 0.1) is 0 Å². The highest BCUT2D eigenvalue weighted by atomic mass is 79.9. The standard InChI is InChI=1S/C15H18BrFN2O/c1-5-12(17)7-13(9(2)3)10(4)20-14-6-11(16)8-19-15(14)18/h5-8,10H,1H2,2-4H3,(H2,18,19). The minimum Gasteiger partial charge on any atom is -0.482 e. The Bertz CT molecular complexity index is 563. The second-order valence-corrected chi connectivity index (χ2v) is 5.40. The third-order valence-corrected chi connectivity index (χ3v) is 3.09. The number of aromatic nitrogens is 1. The maximum Gasteiger partial charge on any atom is 0.166 e. The molecule has 0 saturated heterocycles. The number of allylic oxidation sites excluding steroid dienone is 3. The molecule has 0 saturated carbocycles. The summed E-state index contributed by atoms with van der Waals surface area (Å²) in [5.41, 5.74) is 7.46. The molecule has 1 aromatic rings. The Morgan fingerprint density at radius 1 is 1.55 bits per heavy atom. The number of hydrogen-bond acceptors (Lipinski definition) is 3. The van der Waals surface area contributed by atoms with Crippen molar-refractivity contribution in [1.29, 1.82) is 0 Å². The van der Waals surface area contributed by atoms with Gasteiger partial charge in [-0.25, -0.2) is 9.37 Å². The molecule has 1 aromatic heterocycles. The lowest BCUT2D eigenvalue weighted by atomic mass is 10.0. The van der Waals surface area contributed by atoms with Crippen molar-refractivity contribution in [3.05, 3.63) is 52.4 Å². The van der Waals surface area contributed by atoms with E-state index in [2.05, 4.69) is 27.5 Å². The van der Waals surface area contributed by atoms with Crippen LogP contribution in [0.3, 0.4) is 0 Å². The number of hydrogen-bond donors (Lipinski definition) is 1. The van der Waals surface area contributed by atoms with Gasteiger partial charge in [0.15, 0.2) is 11.6 Å². The zero-order chi connectivity index (χ0) is 15.3. The second kappa shape index (κ2) is 7.24. The van der Waals surface area contributed by atoms with Crippen molar-refractivity contribution in [2.45, 2.75) is 26.9 Å². The Morgan fingerprint density at radius 2 is 2.20 bits per heavy atom. The summed E-state index contributed by atoms with van der Waals surface area (Å²) in [5, 5.41) is 0. The number of nitrogen functional groups attached to an aromatic ring is 1. The van der Waals surface area contributed by atoms with Crippen molar-refractivity contribution in [3.63, 3.8) is 0 Å². The molecule has 1 heterocycles. The summed E-state index contributed by atoms with van der Waals surface area (Å²) in [6.07, 6.45) is 3.80. The van der Waals surface area contributed by atoms with Crippen LogP contribution in [-0.4, -0.2) is 11.1 Å². The molecule has 1 atom stereocenters. The highest BCUT2D eigenvalue weighted by Crippen LogP contribution is 2.26. The molecule has 0 fully saturated rings. The van der Waals surface area contributed by atoms with Gasteiger partial charge in [-0.2, -0.15) is 0 Å². The average Bonchev–Trinajstić information content (AvgIpc) is 2.39. The zero-order valence-electron chi connectivity index (χ0n) is 11.8. The van der Waals surface area contributed by atoms with Gasteiger partial charge < -0.3 is 10.5 Å². The van der Waals surface area contributed by atoms with Gasteiger partial charge in [-0.15, -0.1) is 0 Å². The minimum absolute atomic E-state index is 0.293. The van der Waals surface area contributed by atoms with Crippen LogP contribution in [0.5, 0.6) is 5.75 Å². The highest BCUT2D eigenvalue weighted by molar-refractivity contribution is 9.10. The predicted octanol–water partition coefficient (Wildman–Crippen LogP) is 4.57. The number of nitrogens with two attached hydrogens (primary N) is 1. The molecule has 3 nitrogen and oxygen atoms in total. The maximum atomic E-state index is 13.4. The predicted molar refractivity (Wildman–Crippen MR) is 84.2 cm³/mol. The van der Waals surface area contributed by atoms with Crippen molar-refractivity contribution in [2.75, 3.05) is 5.73 Å². The third kappa shape index (κ3) is 4.49. The van der Waals surface area contributed by atoms with E-state index in [0.29, 0.717) is 11.6 Å². The lowest BCUT2D eigenvalue weighted by Crippen LogP contribution is -2.16. The van der Waals surface area contributed by atoms with E-state index in [4.69, 9.17) is 10.5 Å². The summed E-state index contributed by atoms with van der Waals surface area (Å²) in [5.74, 6) is 0.344. The summed E-state index contributed by atoms with van der Waals surface area (Å²) in [7, 11) is 0. The van der Waals surface area contributed by atoms with E-state index in [9.17, 15) is 4.39 Å². The molecule has 0 aliphatic rings. The fourth-order valence-electron chi connectivity index (χ4n) is 1.66. The van der Waals surface area contributed by atoms with Gasteiger partial charge in [-0.3, -0.25) is 0 Å². The number of rotatable bonds is 5. The minimum atomic E-state index is -0.406. The third-order valence-electron chi connectivity index (χ3n) is 2.66. The van der Waals surface area contributed by atoms with Crippen LogP contribution in [0, 0.1) is 0 Å². The summed E-state index contributed by atoms with van der Waals surface area (Å²) in [4.78, 5) is 4.00. The van der Waals surface area contributed by atoms with Crippen LogP contribution in [0.4, 0.5) is 10.2 Å². The van der Waals surface area contributed by atoms with Crippen molar-refractivity contribution < 1.29 is 9.13 Å².